The summed E-state index contributed by atoms with van der Waals surface area (Å²) in [5.74, 6) is -0.171. The van der Waals surface area contributed by atoms with Crippen LogP contribution in [0.3, 0.4) is 0 Å². The van der Waals surface area contributed by atoms with Crippen molar-refractivity contribution >= 4 is 35.0 Å². The van der Waals surface area contributed by atoms with E-state index in [1.807, 2.05) is 0 Å². The molecular weight excluding hydrogens is 343 g/mol. The van der Waals surface area contributed by atoms with Crippen molar-refractivity contribution in [3.05, 3.63) is 35.9 Å². The molecule has 1 aromatic carbocycles. The maximum absolute atomic E-state index is 12.7. The molecule has 0 aliphatic carbocycles. The molecule has 128 valence electrons. The monoisotopic (exact) mass is 357 g/mol. The number of amides is 1. The van der Waals surface area contributed by atoms with Gasteiger partial charge in [0.05, 0.1) is 10.8 Å². The van der Waals surface area contributed by atoms with E-state index < -0.39 is 22.9 Å². The largest absolute Gasteiger partial charge is 0.416 e. The van der Waals surface area contributed by atoms with Crippen LogP contribution in [0.25, 0.3) is 0 Å². The molecular formula is C14H14F3N5OS. The number of carbonyl (C=O) groups is 1. The minimum atomic E-state index is -4.48. The highest BCUT2D eigenvalue weighted by atomic mass is 32.2. The molecule has 0 fully saturated rings. The van der Waals surface area contributed by atoms with Gasteiger partial charge in [-0.05, 0) is 25.1 Å². The van der Waals surface area contributed by atoms with Gasteiger partial charge in [-0.3, -0.25) is 4.79 Å². The van der Waals surface area contributed by atoms with Crippen LogP contribution in [0.15, 0.2) is 35.5 Å². The van der Waals surface area contributed by atoms with Crippen molar-refractivity contribution in [2.24, 2.45) is 0 Å². The lowest BCUT2D eigenvalue weighted by Gasteiger charge is -2.13. The van der Waals surface area contributed by atoms with Gasteiger partial charge in [0.15, 0.2) is 5.16 Å². The molecule has 0 saturated carbocycles. The average Bonchev–Trinajstić information content (AvgIpc) is 2.45. The van der Waals surface area contributed by atoms with Gasteiger partial charge in [-0.25, -0.2) is 9.97 Å². The van der Waals surface area contributed by atoms with E-state index >= 15 is 0 Å². The first-order chi connectivity index (χ1) is 11.1. The second kappa shape index (κ2) is 6.95. The Morgan fingerprint density at radius 3 is 2.42 bits per heavy atom. The zero-order chi connectivity index (χ0) is 17.9. The van der Waals surface area contributed by atoms with Gasteiger partial charge in [-0.1, -0.05) is 17.8 Å². The van der Waals surface area contributed by atoms with Gasteiger partial charge >= 0.3 is 6.18 Å². The first-order valence-corrected chi connectivity index (χ1v) is 7.58. The van der Waals surface area contributed by atoms with E-state index in [0.29, 0.717) is 0 Å². The van der Waals surface area contributed by atoms with E-state index in [2.05, 4.69) is 15.3 Å². The second-order valence-electron chi connectivity index (χ2n) is 4.83. The molecule has 0 aliphatic heterocycles. The molecule has 2 rings (SSSR count). The molecule has 1 unspecified atom stereocenters. The van der Waals surface area contributed by atoms with Crippen LogP contribution in [-0.4, -0.2) is 21.1 Å². The number of anilines is 3. The lowest BCUT2D eigenvalue weighted by Crippen LogP contribution is -2.23. The van der Waals surface area contributed by atoms with Gasteiger partial charge < -0.3 is 16.8 Å². The number of nitrogens with zero attached hydrogens (tertiary/aromatic N) is 2. The third-order valence-corrected chi connectivity index (χ3v) is 3.82. The molecule has 24 heavy (non-hydrogen) atoms. The number of nitrogens with one attached hydrogen (secondary N) is 1. The Kier molecular flexibility index (Phi) is 5.17. The number of hydrogen-bond donors (Lipinski definition) is 3. The predicted octanol–water partition coefficient (Wildman–Crippen LogP) is 2.78. The van der Waals surface area contributed by atoms with Crippen molar-refractivity contribution in [1.82, 2.24) is 9.97 Å². The first-order valence-electron chi connectivity index (χ1n) is 6.70. The van der Waals surface area contributed by atoms with Gasteiger partial charge in [0.2, 0.25) is 5.91 Å². The maximum Gasteiger partial charge on any atom is 0.416 e. The molecule has 0 saturated heterocycles. The van der Waals surface area contributed by atoms with Crippen LogP contribution >= 0.6 is 11.8 Å². The van der Waals surface area contributed by atoms with Crippen LogP contribution in [0.1, 0.15) is 12.5 Å². The molecule has 1 aromatic heterocycles. The fourth-order valence-electron chi connectivity index (χ4n) is 1.74. The Bertz CT molecular complexity index is 733. The van der Waals surface area contributed by atoms with Crippen molar-refractivity contribution in [3.8, 4) is 0 Å². The van der Waals surface area contributed by atoms with Gasteiger partial charge in [-0.15, -0.1) is 0 Å². The van der Waals surface area contributed by atoms with Crippen LogP contribution in [0.5, 0.6) is 0 Å². The van der Waals surface area contributed by atoms with Crippen LogP contribution in [-0.2, 0) is 11.0 Å². The molecule has 1 heterocycles. The lowest BCUT2D eigenvalue weighted by atomic mass is 10.2. The molecule has 2 aromatic rings. The molecule has 0 aliphatic rings. The van der Waals surface area contributed by atoms with E-state index in [-0.39, 0.29) is 22.5 Å². The molecule has 5 N–H and O–H groups in total. The molecule has 0 spiro atoms. The van der Waals surface area contributed by atoms with Gasteiger partial charge in [0.25, 0.3) is 0 Å². The first kappa shape index (κ1) is 17.9. The number of halogens is 3. The van der Waals surface area contributed by atoms with Crippen molar-refractivity contribution < 1.29 is 18.0 Å². The Labute approximate surface area is 139 Å². The summed E-state index contributed by atoms with van der Waals surface area (Å²) in [6.45, 7) is 1.57. The fraction of sp³-hybridized carbons (Fsp3) is 0.214. The van der Waals surface area contributed by atoms with Crippen molar-refractivity contribution in [3.63, 3.8) is 0 Å². The molecule has 6 nitrogen and oxygen atoms in total. The van der Waals surface area contributed by atoms with Crippen molar-refractivity contribution in [2.75, 3.05) is 16.8 Å². The summed E-state index contributed by atoms with van der Waals surface area (Å²) in [6, 6.07) is 5.76. The number of rotatable bonds is 4. The number of nitrogens with two attached hydrogens (primary N) is 2. The Morgan fingerprint density at radius 2 is 1.83 bits per heavy atom. The van der Waals surface area contributed by atoms with Crippen LogP contribution in [0.2, 0.25) is 0 Å². The van der Waals surface area contributed by atoms with Gasteiger partial charge in [-0.2, -0.15) is 13.2 Å². The smallest absolute Gasteiger partial charge is 0.383 e. The summed E-state index contributed by atoms with van der Waals surface area (Å²) in [5.41, 5.74) is 10.3. The van der Waals surface area contributed by atoms with Crippen molar-refractivity contribution in [2.45, 2.75) is 23.5 Å². The minimum absolute atomic E-state index is 0.0512. The standard InChI is InChI=1S/C14H14F3N5OS/c1-7(24-13-21-10(18)6-11(19)22-13)12(23)20-9-4-2-3-8(5-9)14(15,16)17/h2-7H,1H3,(H,20,23)(H4,18,19,21,22). The summed E-state index contributed by atoms with van der Waals surface area (Å²) in [5, 5.41) is 1.97. The highest BCUT2D eigenvalue weighted by Crippen LogP contribution is 2.31. The lowest BCUT2D eigenvalue weighted by molar-refractivity contribution is -0.137. The topological polar surface area (TPSA) is 107 Å². The molecule has 1 atom stereocenters. The maximum atomic E-state index is 12.7. The van der Waals surface area contributed by atoms with Gasteiger partial charge in [0, 0.05) is 11.8 Å². The summed E-state index contributed by atoms with van der Waals surface area (Å²) >= 11 is 0.993. The van der Waals surface area contributed by atoms with E-state index in [1.165, 1.54) is 18.2 Å². The summed E-state index contributed by atoms with van der Waals surface area (Å²) < 4.78 is 38.0. The number of thioether (sulfide) groups is 1. The number of hydrogen-bond acceptors (Lipinski definition) is 6. The predicted molar refractivity (Wildman–Crippen MR) is 86.2 cm³/mol. The summed E-state index contributed by atoms with van der Waals surface area (Å²) in [4.78, 5) is 20.0. The average molecular weight is 357 g/mol. The quantitative estimate of drug-likeness (QED) is 0.574. The number of aromatic nitrogens is 2. The highest BCUT2D eigenvalue weighted by molar-refractivity contribution is 8.00. The Balaban J connectivity index is 2.06. The van der Waals surface area contributed by atoms with E-state index in [4.69, 9.17) is 11.5 Å². The second-order valence-corrected chi connectivity index (χ2v) is 6.14. The van der Waals surface area contributed by atoms with Gasteiger partial charge in [0.1, 0.15) is 11.6 Å². The number of benzene rings is 1. The van der Waals surface area contributed by atoms with Crippen LogP contribution in [0.4, 0.5) is 30.5 Å². The Morgan fingerprint density at radius 1 is 1.21 bits per heavy atom. The molecule has 0 bridgehead atoms. The van der Waals surface area contributed by atoms with E-state index in [9.17, 15) is 18.0 Å². The molecule has 10 heteroatoms. The van der Waals surface area contributed by atoms with E-state index in [0.717, 1.165) is 23.9 Å². The molecule has 1 amide bonds. The zero-order valence-electron chi connectivity index (χ0n) is 12.5. The Hall–Kier alpha value is -2.49. The number of alkyl halides is 3. The molecule has 0 radical (unpaired) electrons. The minimum Gasteiger partial charge on any atom is -0.383 e. The van der Waals surface area contributed by atoms with Crippen molar-refractivity contribution in [1.29, 1.82) is 0 Å². The van der Waals surface area contributed by atoms with Crippen LogP contribution < -0.4 is 16.8 Å². The highest BCUT2D eigenvalue weighted by Gasteiger charge is 2.30. The number of nitrogen functional groups attached to an aromatic ring is 2. The normalized spacial score (nSPS) is 12.7. The third kappa shape index (κ3) is 4.75. The zero-order valence-corrected chi connectivity index (χ0v) is 13.3. The summed E-state index contributed by atoms with van der Waals surface area (Å²) in [6.07, 6.45) is -4.48. The fourth-order valence-corrected chi connectivity index (χ4v) is 2.54. The third-order valence-electron chi connectivity index (χ3n) is 2.85. The van der Waals surface area contributed by atoms with E-state index in [1.54, 1.807) is 6.92 Å². The summed E-state index contributed by atoms with van der Waals surface area (Å²) in [7, 11) is 0. The van der Waals surface area contributed by atoms with Crippen LogP contribution in [0, 0.1) is 0 Å². The SMILES string of the molecule is CC(Sc1nc(N)cc(N)n1)C(=O)Nc1cccc(C(F)(F)F)c1. The number of carbonyl (C=O) groups excluding carboxylic acids is 1.